The second-order valence-corrected chi connectivity index (χ2v) is 8.38. The summed E-state index contributed by atoms with van der Waals surface area (Å²) in [6, 6.07) is 12.7. The molecule has 1 aliphatic heterocycles. The first-order chi connectivity index (χ1) is 13.7. The summed E-state index contributed by atoms with van der Waals surface area (Å²) in [6.45, 7) is 2.87. The molecule has 6 nitrogen and oxygen atoms in total. The summed E-state index contributed by atoms with van der Waals surface area (Å²) in [5.41, 5.74) is 4.06. The minimum absolute atomic E-state index is 0.0654. The van der Waals surface area contributed by atoms with E-state index in [0.29, 0.717) is 10.6 Å². The Labute approximate surface area is 166 Å². The molecule has 2 unspecified atom stereocenters. The van der Waals surface area contributed by atoms with E-state index in [1.807, 2.05) is 19.1 Å². The lowest BCUT2D eigenvalue weighted by Crippen LogP contribution is -2.34. The maximum absolute atomic E-state index is 12.7. The van der Waals surface area contributed by atoms with Crippen LogP contribution in [0.1, 0.15) is 41.9 Å². The van der Waals surface area contributed by atoms with E-state index in [1.165, 1.54) is 16.9 Å². The number of nitrogens with zero attached hydrogens (tertiary/aromatic N) is 2. The molecule has 1 aromatic carbocycles. The predicted molar refractivity (Wildman–Crippen MR) is 112 cm³/mol. The number of piperidine rings is 1. The molecule has 28 heavy (non-hydrogen) atoms. The van der Waals surface area contributed by atoms with Gasteiger partial charge >= 0.3 is 0 Å². The molecule has 0 saturated carbocycles. The average molecular weight is 392 g/mol. The minimum Gasteiger partial charge on any atom is -0.308 e. The van der Waals surface area contributed by atoms with Gasteiger partial charge in [-0.3, -0.25) is 9.89 Å². The van der Waals surface area contributed by atoms with Gasteiger partial charge in [0.15, 0.2) is 0 Å². The van der Waals surface area contributed by atoms with E-state index in [0.717, 1.165) is 46.9 Å². The molecule has 1 aliphatic rings. The Bertz CT molecular complexity index is 1170. The number of benzene rings is 1. The number of aromatic nitrogens is 4. The molecule has 4 heterocycles. The lowest BCUT2D eigenvalue weighted by Gasteiger charge is -2.29. The lowest BCUT2D eigenvalue weighted by molar-refractivity contribution is 0.362. The van der Waals surface area contributed by atoms with Gasteiger partial charge in [-0.25, -0.2) is 4.98 Å². The summed E-state index contributed by atoms with van der Waals surface area (Å²) in [4.78, 5) is 21.5. The molecule has 3 aromatic heterocycles. The fourth-order valence-electron chi connectivity index (χ4n) is 3.95. The molecule has 0 spiro atoms. The first-order valence-electron chi connectivity index (χ1n) is 9.51. The van der Waals surface area contributed by atoms with Crippen LogP contribution in [0.5, 0.6) is 0 Å². The van der Waals surface area contributed by atoms with E-state index in [4.69, 9.17) is 4.98 Å². The molecule has 7 heteroatoms. The van der Waals surface area contributed by atoms with E-state index in [-0.39, 0.29) is 11.6 Å². The molecule has 3 N–H and O–H groups in total. The molecule has 142 valence electrons. The van der Waals surface area contributed by atoms with Crippen molar-refractivity contribution in [1.82, 2.24) is 25.5 Å². The van der Waals surface area contributed by atoms with Crippen LogP contribution in [0.4, 0.5) is 0 Å². The molecule has 0 amide bonds. The summed E-state index contributed by atoms with van der Waals surface area (Å²) in [5, 5.41) is 10.6. The molecule has 5 rings (SSSR count). The van der Waals surface area contributed by atoms with Crippen LogP contribution in [-0.4, -0.2) is 26.7 Å². The first-order valence-corrected chi connectivity index (χ1v) is 10.3. The molecule has 0 radical (unpaired) electrons. The van der Waals surface area contributed by atoms with Crippen LogP contribution in [0.25, 0.3) is 20.7 Å². The van der Waals surface area contributed by atoms with Gasteiger partial charge in [0.1, 0.15) is 10.5 Å². The van der Waals surface area contributed by atoms with Crippen molar-refractivity contribution in [1.29, 1.82) is 0 Å². The highest BCUT2D eigenvalue weighted by atomic mass is 32.1. The van der Waals surface area contributed by atoms with Crippen LogP contribution in [0, 0.1) is 6.92 Å². The number of aromatic amines is 2. The van der Waals surface area contributed by atoms with Gasteiger partial charge in [0.2, 0.25) is 0 Å². The van der Waals surface area contributed by atoms with Gasteiger partial charge in [-0.15, -0.1) is 11.3 Å². The van der Waals surface area contributed by atoms with Crippen LogP contribution in [0.2, 0.25) is 0 Å². The molecule has 1 fully saturated rings. The minimum atomic E-state index is -0.0654. The van der Waals surface area contributed by atoms with Crippen molar-refractivity contribution >= 4 is 21.6 Å². The van der Waals surface area contributed by atoms with E-state index >= 15 is 0 Å². The van der Waals surface area contributed by atoms with Crippen LogP contribution in [-0.2, 0) is 0 Å². The zero-order valence-corrected chi connectivity index (χ0v) is 16.3. The molecule has 2 atom stereocenters. The fourth-order valence-corrected chi connectivity index (χ4v) is 5.01. The van der Waals surface area contributed by atoms with Crippen molar-refractivity contribution in [2.24, 2.45) is 0 Å². The maximum atomic E-state index is 12.7. The molecule has 0 bridgehead atoms. The van der Waals surface area contributed by atoms with Crippen molar-refractivity contribution in [3.05, 3.63) is 70.0 Å². The summed E-state index contributed by atoms with van der Waals surface area (Å²) in [6.07, 6.45) is 3.82. The number of nitrogens with one attached hydrogen (secondary N) is 3. The molecular weight excluding hydrogens is 370 g/mol. The van der Waals surface area contributed by atoms with Gasteiger partial charge in [-0.05, 0) is 37.3 Å². The number of aryl methyl sites for hydroxylation is 1. The Morgan fingerprint density at radius 1 is 1.18 bits per heavy atom. The van der Waals surface area contributed by atoms with Gasteiger partial charge in [-0.1, -0.05) is 30.3 Å². The Morgan fingerprint density at radius 2 is 2.04 bits per heavy atom. The van der Waals surface area contributed by atoms with Crippen molar-refractivity contribution in [3.63, 3.8) is 0 Å². The average Bonchev–Trinajstić information content (AvgIpc) is 3.35. The Balaban J connectivity index is 1.41. The monoisotopic (exact) mass is 391 g/mol. The predicted octanol–water partition coefficient (Wildman–Crippen LogP) is 3.89. The fraction of sp³-hybridized carbons (Fsp3) is 0.286. The van der Waals surface area contributed by atoms with E-state index in [2.05, 4.69) is 44.8 Å². The number of rotatable bonds is 3. The van der Waals surface area contributed by atoms with Crippen LogP contribution in [0.15, 0.2) is 47.4 Å². The number of hydrogen-bond acceptors (Lipinski definition) is 5. The number of H-pyrrole nitrogens is 2. The largest absolute Gasteiger partial charge is 0.308 e. The molecular formula is C21H21N5OS. The third-order valence-electron chi connectivity index (χ3n) is 5.51. The third kappa shape index (κ3) is 3.06. The number of fused-ring (bicyclic) bond motifs is 1. The number of hydrogen-bond donors (Lipinski definition) is 3. The maximum Gasteiger partial charge on any atom is 0.268 e. The van der Waals surface area contributed by atoms with Crippen LogP contribution < -0.4 is 10.9 Å². The lowest BCUT2D eigenvalue weighted by atomic mass is 9.88. The number of thiophene rings is 1. The molecule has 1 saturated heterocycles. The van der Waals surface area contributed by atoms with Crippen molar-refractivity contribution in [3.8, 4) is 10.4 Å². The summed E-state index contributed by atoms with van der Waals surface area (Å²) in [5.74, 6) is 1.24. The van der Waals surface area contributed by atoms with Crippen molar-refractivity contribution in [2.75, 3.05) is 6.54 Å². The van der Waals surface area contributed by atoms with E-state index in [9.17, 15) is 4.79 Å². The third-order valence-corrected chi connectivity index (χ3v) is 6.67. The first kappa shape index (κ1) is 17.3. The molecule has 0 aliphatic carbocycles. The van der Waals surface area contributed by atoms with E-state index < -0.39 is 0 Å². The topological polar surface area (TPSA) is 86.5 Å². The van der Waals surface area contributed by atoms with Gasteiger partial charge in [0.25, 0.3) is 5.56 Å². The van der Waals surface area contributed by atoms with Gasteiger partial charge in [-0.2, -0.15) is 5.10 Å². The molecule has 4 aromatic rings. The zero-order valence-electron chi connectivity index (χ0n) is 15.5. The van der Waals surface area contributed by atoms with Gasteiger partial charge in [0, 0.05) is 22.7 Å². The van der Waals surface area contributed by atoms with Crippen LogP contribution in [0.3, 0.4) is 0 Å². The highest BCUT2D eigenvalue weighted by molar-refractivity contribution is 7.22. The summed E-state index contributed by atoms with van der Waals surface area (Å²) in [7, 11) is 0. The highest BCUT2D eigenvalue weighted by Crippen LogP contribution is 2.34. The highest BCUT2D eigenvalue weighted by Gasteiger charge is 2.25. The van der Waals surface area contributed by atoms with Gasteiger partial charge < -0.3 is 10.3 Å². The summed E-state index contributed by atoms with van der Waals surface area (Å²) < 4.78 is 0.664. The van der Waals surface area contributed by atoms with Crippen molar-refractivity contribution < 1.29 is 0 Å². The van der Waals surface area contributed by atoms with Crippen LogP contribution >= 0.6 is 11.3 Å². The Morgan fingerprint density at radius 3 is 2.75 bits per heavy atom. The smallest absolute Gasteiger partial charge is 0.268 e. The Kier molecular flexibility index (Phi) is 4.33. The summed E-state index contributed by atoms with van der Waals surface area (Å²) >= 11 is 1.46. The Hall–Kier alpha value is -2.77. The second kappa shape index (κ2) is 7.00. The normalized spacial score (nSPS) is 19.9. The van der Waals surface area contributed by atoms with E-state index in [1.54, 1.807) is 6.20 Å². The standard InChI is InChI=1S/C21H21N5OS/c1-12-15(11-23-26-12)18-9-17-19(28-18)21(27)25-20(24-17)16-8-7-14(10-22-16)13-5-3-2-4-6-13/h2-6,9,11,14,16,22H,7-8,10H2,1H3,(H,23,26)(H,24,25,27). The quantitative estimate of drug-likeness (QED) is 0.494. The van der Waals surface area contributed by atoms with Crippen molar-refractivity contribution in [2.45, 2.75) is 31.7 Å². The second-order valence-electron chi connectivity index (χ2n) is 7.33. The zero-order chi connectivity index (χ0) is 19.1. The van der Waals surface area contributed by atoms with Gasteiger partial charge in [0.05, 0.1) is 17.8 Å². The SMILES string of the molecule is Cc1[nH]ncc1-c1cc2nc(C3CCC(c4ccccc4)CN3)[nH]c(=O)c2s1.